The number of carbonyl (C=O) groups excluding carboxylic acids is 2. The minimum absolute atomic E-state index is 0.00594. The molecule has 5 nitrogen and oxygen atoms in total. The molecule has 1 aromatic rings. The Labute approximate surface area is 141 Å². The summed E-state index contributed by atoms with van der Waals surface area (Å²) in [6.45, 7) is 2.05. The van der Waals surface area contributed by atoms with Gasteiger partial charge in [-0.2, -0.15) is 0 Å². The molecule has 1 N–H and O–H groups in total. The molecule has 0 aromatic heterocycles. The fourth-order valence-electron chi connectivity index (χ4n) is 2.63. The maximum atomic E-state index is 12.1. The Morgan fingerprint density at radius 3 is 2.74 bits per heavy atom. The molecule has 1 aromatic carbocycles. The highest BCUT2D eigenvalue weighted by atomic mass is 35.5. The predicted molar refractivity (Wildman–Crippen MR) is 90.5 cm³/mol. The number of nitrogens with zero attached hydrogens (tertiary/aromatic N) is 1. The van der Waals surface area contributed by atoms with Gasteiger partial charge in [-0.25, -0.2) is 0 Å². The monoisotopic (exact) mass is 338 g/mol. The Hall–Kier alpha value is -1.59. The van der Waals surface area contributed by atoms with E-state index in [-0.39, 0.29) is 30.6 Å². The van der Waals surface area contributed by atoms with Crippen molar-refractivity contribution in [1.29, 1.82) is 0 Å². The second-order valence-corrected chi connectivity index (χ2v) is 6.37. The maximum Gasteiger partial charge on any atom is 0.244 e. The molecule has 23 heavy (non-hydrogen) atoms. The lowest BCUT2D eigenvalue weighted by Crippen LogP contribution is -2.35. The van der Waals surface area contributed by atoms with Crippen LogP contribution < -0.4 is 5.32 Å². The van der Waals surface area contributed by atoms with Crippen molar-refractivity contribution < 1.29 is 14.3 Å². The van der Waals surface area contributed by atoms with Crippen molar-refractivity contribution in [3.63, 3.8) is 0 Å². The molecule has 0 radical (unpaired) electrons. The molecule has 0 unspecified atom stereocenters. The molecule has 1 aliphatic heterocycles. The van der Waals surface area contributed by atoms with Crippen LogP contribution >= 0.6 is 11.6 Å². The number of ether oxygens (including phenoxy) is 1. The van der Waals surface area contributed by atoms with E-state index in [1.165, 1.54) is 4.90 Å². The third-order valence-electron chi connectivity index (χ3n) is 3.95. The number of anilines is 1. The zero-order valence-electron chi connectivity index (χ0n) is 13.5. The number of nitrogens with one attached hydrogen (secondary N) is 1. The van der Waals surface area contributed by atoms with Gasteiger partial charge in [-0.1, -0.05) is 23.7 Å². The molecule has 6 heteroatoms. The first kappa shape index (κ1) is 17.8. The second kappa shape index (κ2) is 8.31. The average Bonchev–Trinajstić information content (AvgIpc) is 2.92. The van der Waals surface area contributed by atoms with E-state index in [0.29, 0.717) is 23.6 Å². The van der Waals surface area contributed by atoms with Crippen molar-refractivity contribution in [2.45, 2.75) is 44.8 Å². The van der Waals surface area contributed by atoms with Crippen molar-refractivity contribution >= 4 is 29.1 Å². The number of benzene rings is 1. The van der Waals surface area contributed by atoms with Gasteiger partial charge >= 0.3 is 0 Å². The normalized spacial score (nSPS) is 20.3. The van der Waals surface area contributed by atoms with E-state index < -0.39 is 0 Å². The summed E-state index contributed by atoms with van der Waals surface area (Å²) in [4.78, 5) is 25.5. The van der Waals surface area contributed by atoms with Gasteiger partial charge in [-0.15, -0.1) is 0 Å². The average molecular weight is 339 g/mol. The van der Waals surface area contributed by atoms with Crippen LogP contribution in [0.3, 0.4) is 0 Å². The molecule has 2 atom stereocenters. The van der Waals surface area contributed by atoms with Crippen molar-refractivity contribution in [1.82, 2.24) is 4.90 Å². The first-order chi connectivity index (χ1) is 11.0. The van der Waals surface area contributed by atoms with Crippen LogP contribution in [0.1, 0.15) is 32.6 Å². The van der Waals surface area contributed by atoms with Crippen molar-refractivity contribution in [3.05, 3.63) is 29.3 Å². The van der Waals surface area contributed by atoms with Crippen LogP contribution in [0.5, 0.6) is 0 Å². The highest BCUT2D eigenvalue weighted by molar-refractivity contribution is 6.33. The summed E-state index contributed by atoms with van der Waals surface area (Å²) in [7, 11) is 1.63. The molecule has 0 bridgehead atoms. The third-order valence-corrected chi connectivity index (χ3v) is 4.28. The van der Waals surface area contributed by atoms with Gasteiger partial charge in [-0.05, 0) is 38.3 Å². The summed E-state index contributed by atoms with van der Waals surface area (Å²) in [5.74, 6) is -0.317. The predicted octanol–water partition coefficient (Wildman–Crippen LogP) is 3.08. The number of para-hydroxylation sites is 1. The first-order valence-corrected chi connectivity index (χ1v) is 8.27. The van der Waals surface area contributed by atoms with E-state index in [4.69, 9.17) is 16.3 Å². The molecule has 0 spiro atoms. The number of rotatable bonds is 6. The molecule has 1 saturated heterocycles. The number of likely N-dealkylation sites (N-methyl/N-ethyl adjacent to an activating group) is 1. The van der Waals surface area contributed by atoms with E-state index in [9.17, 15) is 9.59 Å². The lowest BCUT2D eigenvalue weighted by molar-refractivity contribution is -0.133. The van der Waals surface area contributed by atoms with Gasteiger partial charge in [0, 0.05) is 13.5 Å². The number of carbonyl (C=O) groups is 2. The third kappa shape index (κ3) is 5.52. The fraction of sp³-hybridized carbons (Fsp3) is 0.529. The summed E-state index contributed by atoms with van der Waals surface area (Å²) in [6, 6.07) is 7.01. The van der Waals surface area contributed by atoms with Crippen LogP contribution in [0, 0.1) is 0 Å². The van der Waals surface area contributed by atoms with E-state index in [2.05, 4.69) is 5.32 Å². The highest BCUT2D eigenvalue weighted by Crippen LogP contribution is 2.23. The van der Waals surface area contributed by atoms with Crippen LogP contribution in [-0.4, -0.2) is 42.5 Å². The van der Waals surface area contributed by atoms with Gasteiger partial charge in [0.15, 0.2) is 0 Å². The lowest BCUT2D eigenvalue weighted by atomic mass is 10.1. The number of hydrogen-bond acceptors (Lipinski definition) is 3. The molecule has 1 fully saturated rings. The summed E-state index contributed by atoms with van der Waals surface area (Å²) in [5.41, 5.74) is 0.549. The smallest absolute Gasteiger partial charge is 0.244 e. The Kier molecular flexibility index (Phi) is 6.42. The summed E-state index contributed by atoms with van der Waals surface area (Å²) >= 11 is 5.99. The molecule has 1 aliphatic rings. The SMILES string of the molecule is C[C@@H]1CC[C@@H](CCC(=O)N(C)CC(=O)Nc2ccccc2Cl)O1. The van der Waals surface area contributed by atoms with E-state index in [1.807, 2.05) is 6.92 Å². The van der Waals surface area contributed by atoms with Crippen molar-refractivity contribution in [2.75, 3.05) is 18.9 Å². The Balaban J connectivity index is 1.74. The topological polar surface area (TPSA) is 58.6 Å². The molecular weight excluding hydrogens is 316 g/mol. The molecule has 126 valence electrons. The highest BCUT2D eigenvalue weighted by Gasteiger charge is 2.23. The van der Waals surface area contributed by atoms with Crippen LogP contribution in [0.15, 0.2) is 24.3 Å². The standard InChI is InChI=1S/C17H23ClN2O3/c1-12-7-8-13(23-12)9-10-17(22)20(2)11-16(21)19-15-6-4-3-5-14(15)18/h3-6,12-13H,7-11H2,1-2H3,(H,19,21)/t12-,13+/m1/s1. The Morgan fingerprint density at radius 2 is 2.09 bits per heavy atom. The lowest BCUT2D eigenvalue weighted by Gasteiger charge is -2.18. The zero-order valence-corrected chi connectivity index (χ0v) is 14.3. The molecule has 0 aliphatic carbocycles. The number of hydrogen-bond donors (Lipinski definition) is 1. The minimum Gasteiger partial charge on any atom is -0.375 e. The van der Waals surface area contributed by atoms with Gasteiger partial charge in [-0.3, -0.25) is 9.59 Å². The van der Waals surface area contributed by atoms with Crippen molar-refractivity contribution in [2.24, 2.45) is 0 Å². The van der Waals surface area contributed by atoms with Crippen molar-refractivity contribution in [3.8, 4) is 0 Å². The summed E-state index contributed by atoms with van der Waals surface area (Å²) < 4.78 is 5.70. The largest absolute Gasteiger partial charge is 0.375 e. The van der Waals surface area contributed by atoms with Gasteiger partial charge in [0.2, 0.25) is 11.8 Å². The van der Waals surface area contributed by atoms with E-state index in [0.717, 1.165) is 12.8 Å². The Bertz CT molecular complexity index is 565. The Morgan fingerprint density at radius 1 is 1.35 bits per heavy atom. The number of halogens is 1. The summed E-state index contributed by atoms with van der Waals surface area (Å²) in [6.07, 6.45) is 3.61. The van der Waals surface area contributed by atoms with Gasteiger partial charge < -0.3 is 15.0 Å². The zero-order chi connectivity index (χ0) is 16.8. The maximum absolute atomic E-state index is 12.1. The molecule has 1 heterocycles. The van der Waals surface area contributed by atoms with Crippen LogP contribution in [0.25, 0.3) is 0 Å². The van der Waals surface area contributed by atoms with E-state index in [1.54, 1.807) is 31.3 Å². The fourth-order valence-corrected chi connectivity index (χ4v) is 2.81. The van der Waals surface area contributed by atoms with E-state index >= 15 is 0 Å². The van der Waals surface area contributed by atoms with Gasteiger partial charge in [0.1, 0.15) is 0 Å². The molecular formula is C17H23ClN2O3. The van der Waals surface area contributed by atoms with Crippen LogP contribution in [0.2, 0.25) is 5.02 Å². The number of amides is 2. The van der Waals surface area contributed by atoms with Gasteiger partial charge in [0.25, 0.3) is 0 Å². The van der Waals surface area contributed by atoms with Crippen LogP contribution in [-0.2, 0) is 14.3 Å². The minimum atomic E-state index is -0.264. The molecule has 2 amide bonds. The van der Waals surface area contributed by atoms with Crippen LogP contribution in [0.4, 0.5) is 5.69 Å². The summed E-state index contributed by atoms with van der Waals surface area (Å²) in [5, 5.41) is 3.18. The quantitative estimate of drug-likeness (QED) is 0.867. The second-order valence-electron chi connectivity index (χ2n) is 5.96. The first-order valence-electron chi connectivity index (χ1n) is 7.89. The van der Waals surface area contributed by atoms with Gasteiger partial charge in [0.05, 0.1) is 29.5 Å². The molecule has 0 saturated carbocycles. The molecule has 2 rings (SSSR count).